The molecule has 3 aromatic rings. The van der Waals surface area contributed by atoms with Crippen molar-refractivity contribution in [3.63, 3.8) is 0 Å². The molecule has 0 aromatic heterocycles. The first-order valence-electron chi connectivity index (χ1n) is 9.30. The number of aliphatic carboxylic acids is 2. The van der Waals surface area contributed by atoms with Gasteiger partial charge in [-0.2, -0.15) is 0 Å². The Bertz CT molecular complexity index is 990. The Kier molecular flexibility index (Phi) is 8.65. The molecule has 0 aliphatic carbocycles. The third kappa shape index (κ3) is 6.79. The highest BCUT2D eigenvalue weighted by molar-refractivity contribution is 6.27. The maximum atomic E-state index is 9.10. The molecule has 0 unspecified atom stereocenters. The second-order valence-electron chi connectivity index (χ2n) is 6.41. The highest BCUT2D eigenvalue weighted by Gasteiger charge is 2.05. The number of fused-ring (bicyclic) bond motifs is 1. The lowest BCUT2D eigenvalue weighted by Gasteiger charge is -2.10. The van der Waals surface area contributed by atoms with E-state index in [9.17, 15) is 0 Å². The molecule has 158 valence electrons. The largest absolute Gasteiger partial charge is 0.493 e. The van der Waals surface area contributed by atoms with Gasteiger partial charge in [0.1, 0.15) is 0 Å². The first kappa shape index (κ1) is 22.7. The van der Waals surface area contributed by atoms with E-state index < -0.39 is 11.9 Å². The Morgan fingerprint density at radius 1 is 0.800 bits per heavy atom. The molecular weight excluding hydrogens is 386 g/mol. The zero-order valence-corrected chi connectivity index (χ0v) is 16.9. The summed E-state index contributed by atoms with van der Waals surface area (Å²) in [6.45, 7) is 1.79. The average Bonchev–Trinajstić information content (AvgIpc) is 2.76. The molecule has 0 spiro atoms. The number of hydrogen-bond acceptors (Lipinski definition) is 5. The van der Waals surface area contributed by atoms with Gasteiger partial charge >= 0.3 is 11.9 Å². The monoisotopic (exact) mass is 411 g/mol. The second kappa shape index (κ2) is 11.4. The Balaban J connectivity index is 0.000000469. The van der Waals surface area contributed by atoms with Crippen LogP contribution >= 0.6 is 0 Å². The van der Waals surface area contributed by atoms with Crippen LogP contribution in [0.1, 0.15) is 11.1 Å². The minimum Gasteiger partial charge on any atom is -0.493 e. The van der Waals surface area contributed by atoms with Crippen LogP contribution in [-0.2, 0) is 22.6 Å². The van der Waals surface area contributed by atoms with Crippen LogP contribution in [0.15, 0.2) is 60.7 Å². The fourth-order valence-electron chi connectivity index (χ4n) is 2.85. The van der Waals surface area contributed by atoms with Crippen LogP contribution in [0.5, 0.6) is 11.5 Å². The molecule has 30 heavy (non-hydrogen) atoms. The van der Waals surface area contributed by atoms with Crippen molar-refractivity contribution in [2.45, 2.75) is 13.0 Å². The lowest BCUT2D eigenvalue weighted by atomic mass is 10.1. The van der Waals surface area contributed by atoms with Gasteiger partial charge in [-0.3, -0.25) is 0 Å². The molecule has 3 rings (SSSR count). The molecule has 0 aliphatic heterocycles. The SMILES string of the molecule is COc1ccc(CCNCc2ccc3ccccc3c2)cc1OC.O=C(O)C(=O)O. The summed E-state index contributed by atoms with van der Waals surface area (Å²) in [5, 5.41) is 20.9. The molecular formula is C23H25NO6. The van der Waals surface area contributed by atoms with Crippen LogP contribution in [0.2, 0.25) is 0 Å². The van der Waals surface area contributed by atoms with E-state index in [-0.39, 0.29) is 0 Å². The summed E-state index contributed by atoms with van der Waals surface area (Å²) in [5.74, 6) is -2.10. The van der Waals surface area contributed by atoms with Crippen LogP contribution in [-0.4, -0.2) is 42.9 Å². The fraction of sp³-hybridized carbons (Fsp3) is 0.217. The van der Waals surface area contributed by atoms with Gasteiger partial charge in [-0.25, -0.2) is 9.59 Å². The van der Waals surface area contributed by atoms with Gasteiger partial charge < -0.3 is 25.0 Å². The van der Waals surface area contributed by atoms with Gasteiger partial charge in [-0.05, 0) is 53.1 Å². The molecule has 3 N–H and O–H groups in total. The third-order valence-corrected chi connectivity index (χ3v) is 4.36. The number of carboxylic acid groups (broad SMARTS) is 2. The van der Waals surface area contributed by atoms with Gasteiger partial charge in [0.05, 0.1) is 14.2 Å². The Hall–Kier alpha value is -3.58. The van der Waals surface area contributed by atoms with Crippen molar-refractivity contribution in [3.05, 3.63) is 71.8 Å². The molecule has 0 saturated carbocycles. The van der Waals surface area contributed by atoms with Crippen LogP contribution in [0, 0.1) is 0 Å². The van der Waals surface area contributed by atoms with Crippen molar-refractivity contribution in [1.82, 2.24) is 5.32 Å². The van der Waals surface area contributed by atoms with Gasteiger partial charge in [0.25, 0.3) is 0 Å². The summed E-state index contributed by atoms with van der Waals surface area (Å²) in [4.78, 5) is 18.2. The molecule has 0 saturated heterocycles. The predicted octanol–water partition coefficient (Wildman–Crippen LogP) is 3.34. The topological polar surface area (TPSA) is 105 Å². The first-order valence-corrected chi connectivity index (χ1v) is 9.30. The molecule has 0 bridgehead atoms. The quantitative estimate of drug-likeness (QED) is 0.404. The molecule has 0 heterocycles. The van der Waals surface area contributed by atoms with Crippen molar-refractivity contribution in [3.8, 4) is 11.5 Å². The summed E-state index contributed by atoms with van der Waals surface area (Å²) in [5.41, 5.74) is 2.54. The van der Waals surface area contributed by atoms with Crippen molar-refractivity contribution < 1.29 is 29.3 Å². The van der Waals surface area contributed by atoms with E-state index in [4.69, 9.17) is 29.3 Å². The van der Waals surface area contributed by atoms with Gasteiger partial charge in [0.15, 0.2) is 11.5 Å². The minimum absolute atomic E-state index is 0.769. The summed E-state index contributed by atoms with van der Waals surface area (Å²) in [6, 6.07) is 21.1. The maximum absolute atomic E-state index is 9.10. The van der Waals surface area contributed by atoms with Gasteiger partial charge in [-0.1, -0.05) is 42.5 Å². The molecule has 0 aliphatic rings. The van der Waals surface area contributed by atoms with Crippen LogP contribution in [0.25, 0.3) is 10.8 Å². The Morgan fingerprint density at radius 2 is 1.43 bits per heavy atom. The maximum Gasteiger partial charge on any atom is 0.414 e. The summed E-state index contributed by atoms with van der Waals surface area (Å²) < 4.78 is 10.6. The van der Waals surface area contributed by atoms with Crippen molar-refractivity contribution in [2.24, 2.45) is 0 Å². The van der Waals surface area contributed by atoms with Crippen LogP contribution < -0.4 is 14.8 Å². The fourth-order valence-corrected chi connectivity index (χ4v) is 2.85. The molecule has 0 amide bonds. The summed E-state index contributed by atoms with van der Waals surface area (Å²) in [7, 11) is 3.32. The van der Waals surface area contributed by atoms with Crippen molar-refractivity contribution in [1.29, 1.82) is 0 Å². The number of carbonyl (C=O) groups is 2. The highest BCUT2D eigenvalue weighted by atomic mass is 16.5. The molecule has 0 radical (unpaired) electrons. The van der Waals surface area contributed by atoms with Crippen molar-refractivity contribution in [2.75, 3.05) is 20.8 Å². The van der Waals surface area contributed by atoms with Gasteiger partial charge in [0, 0.05) is 6.54 Å². The number of hydrogen-bond donors (Lipinski definition) is 3. The highest BCUT2D eigenvalue weighted by Crippen LogP contribution is 2.27. The smallest absolute Gasteiger partial charge is 0.414 e. The zero-order chi connectivity index (χ0) is 21.9. The van der Waals surface area contributed by atoms with Crippen molar-refractivity contribution >= 4 is 22.7 Å². The lowest BCUT2D eigenvalue weighted by Crippen LogP contribution is -2.16. The van der Waals surface area contributed by atoms with E-state index in [1.165, 1.54) is 21.9 Å². The number of carboxylic acids is 2. The summed E-state index contributed by atoms with van der Waals surface area (Å²) >= 11 is 0. The minimum atomic E-state index is -1.82. The van der Waals surface area contributed by atoms with E-state index in [0.717, 1.165) is 31.0 Å². The van der Waals surface area contributed by atoms with Gasteiger partial charge in [-0.15, -0.1) is 0 Å². The average molecular weight is 411 g/mol. The third-order valence-electron chi connectivity index (χ3n) is 4.36. The number of nitrogens with one attached hydrogen (secondary N) is 1. The molecule has 0 fully saturated rings. The first-order chi connectivity index (χ1) is 14.4. The Morgan fingerprint density at radius 3 is 2.07 bits per heavy atom. The number of ether oxygens (including phenoxy) is 2. The van der Waals surface area contributed by atoms with E-state index in [0.29, 0.717) is 0 Å². The molecule has 7 nitrogen and oxygen atoms in total. The van der Waals surface area contributed by atoms with Crippen LogP contribution in [0.3, 0.4) is 0 Å². The zero-order valence-electron chi connectivity index (χ0n) is 16.9. The van der Waals surface area contributed by atoms with E-state index in [2.05, 4.69) is 53.8 Å². The van der Waals surface area contributed by atoms with E-state index >= 15 is 0 Å². The predicted molar refractivity (Wildman–Crippen MR) is 114 cm³/mol. The second-order valence-corrected chi connectivity index (χ2v) is 6.41. The normalized spacial score (nSPS) is 10.1. The lowest BCUT2D eigenvalue weighted by molar-refractivity contribution is -0.159. The number of rotatable bonds is 7. The van der Waals surface area contributed by atoms with Gasteiger partial charge in [0.2, 0.25) is 0 Å². The van der Waals surface area contributed by atoms with E-state index in [1.54, 1.807) is 14.2 Å². The standard InChI is InChI=1S/C21H23NO2.C2H2O4/c1-23-20-10-8-16(14-21(20)24-2)11-12-22-15-17-7-9-18-5-3-4-6-19(18)13-17;3-1(4)2(5)6/h3-10,13-14,22H,11-12,15H2,1-2H3;(H,3,4)(H,5,6). The number of benzene rings is 3. The summed E-state index contributed by atoms with van der Waals surface area (Å²) in [6.07, 6.45) is 0.952. The molecule has 0 atom stereocenters. The van der Waals surface area contributed by atoms with E-state index in [1.807, 2.05) is 12.1 Å². The number of methoxy groups -OCH3 is 2. The van der Waals surface area contributed by atoms with Crippen LogP contribution in [0.4, 0.5) is 0 Å². The molecule has 7 heteroatoms. The Labute approximate surface area is 174 Å². The molecule has 3 aromatic carbocycles.